The zero-order valence-electron chi connectivity index (χ0n) is 11.2. The SMILES string of the molecule is CC(C)CCC(C)NC(=O)c1cc(N)cc(Cl)c1. The number of benzene rings is 1. The van der Waals surface area contributed by atoms with E-state index in [1.807, 2.05) is 6.92 Å². The molecule has 0 aliphatic heterocycles. The standard InChI is InChI=1S/C14H21ClN2O/c1-9(2)4-5-10(3)17-14(18)11-6-12(15)8-13(16)7-11/h6-10H,4-5,16H2,1-3H3,(H,17,18). The summed E-state index contributed by atoms with van der Waals surface area (Å²) in [5.74, 6) is 0.520. The lowest BCUT2D eigenvalue weighted by atomic mass is 10.0. The lowest BCUT2D eigenvalue weighted by molar-refractivity contribution is 0.0937. The molecule has 0 heterocycles. The Bertz CT molecular complexity index is 398. The van der Waals surface area contributed by atoms with Gasteiger partial charge in [-0.05, 0) is 43.9 Å². The summed E-state index contributed by atoms with van der Waals surface area (Å²) in [4.78, 5) is 12.0. The van der Waals surface area contributed by atoms with Crippen LogP contribution in [0.3, 0.4) is 0 Å². The summed E-state index contributed by atoms with van der Waals surface area (Å²) in [7, 11) is 0. The van der Waals surface area contributed by atoms with Gasteiger partial charge in [0.15, 0.2) is 0 Å². The number of hydrogen-bond donors (Lipinski definition) is 2. The van der Waals surface area contributed by atoms with E-state index in [0.717, 1.165) is 12.8 Å². The molecule has 0 fully saturated rings. The second kappa shape index (κ2) is 6.64. The highest BCUT2D eigenvalue weighted by Gasteiger charge is 2.11. The highest BCUT2D eigenvalue weighted by Crippen LogP contribution is 2.17. The quantitative estimate of drug-likeness (QED) is 0.804. The van der Waals surface area contributed by atoms with Gasteiger partial charge < -0.3 is 11.1 Å². The zero-order chi connectivity index (χ0) is 13.7. The van der Waals surface area contributed by atoms with E-state index in [9.17, 15) is 4.79 Å². The largest absolute Gasteiger partial charge is 0.399 e. The lowest BCUT2D eigenvalue weighted by Gasteiger charge is -2.15. The van der Waals surface area contributed by atoms with Gasteiger partial charge in [0.2, 0.25) is 0 Å². The molecule has 1 rings (SSSR count). The number of nitrogens with two attached hydrogens (primary N) is 1. The summed E-state index contributed by atoms with van der Waals surface area (Å²) in [5, 5.41) is 3.43. The predicted molar refractivity (Wildman–Crippen MR) is 76.9 cm³/mol. The van der Waals surface area contributed by atoms with Gasteiger partial charge in [-0.3, -0.25) is 4.79 Å². The summed E-state index contributed by atoms with van der Waals surface area (Å²) < 4.78 is 0. The van der Waals surface area contributed by atoms with E-state index in [4.69, 9.17) is 17.3 Å². The second-order valence-corrected chi connectivity index (χ2v) is 5.56. The van der Waals surface area contributed by atoms with Crippen molar-refractivity contribution in [3.05, 3.63) is 28.8 Å². The molecule has 3 N–H and O–H groups in total. The summed E-state index contributed by atoms with van der Waals surface area (Å²) in [6.07, 6.45) is 2.07. The van der Waals surface area contributed by atoms with Gasteiger partial charge in [-0.25, -0.2) is 0 Å². The van der Waals surface area contributed by atoms with Gasteiger partial charge in [-0.1, -0.05) is 25.4 Å². The molecule has 0 aliphatic rings. The van der Waals surface area contributed by atoms with Gasteiger partial charge >= 0.3 is 0 Å². The van der Waals surface area contributed by atoms with Crippen molar-refractivity contribution in [1.82, 2.24) is 5.32 Å². The molecule has 100 valence electrons. The van der Waals surface area contributed by atoms with Crippen LogP contribution in [0.15, 0.2) is 18.2 Å². The zero-order valence-corrected chi connectivity index (χ0v) is 11.9. The monoisotopic (exact) mass is 268 g/mol. The van der Waals surface area contributed by atoms with Crippen LogP contribution in [0.1, 0.15) is 44.0 Å². The van der Waals surface area contributed by atoms with Gasteiger partial charge in [-0.2, -0.15) is 0 Å². The third-order valence-corrected chi connectivity index (χ3v) is 2.96. The fourth-order valence-corrected chi connectivity index (χ4v) is 1.95. The molecule has 3 nitrogen and oxygen atoms in total. The molecule has 0 saturated carbocycles. The number of hydrogen-bond acceptors (Lipinski definition) is 2. The van der Waals surface area contributed by atoms with Crippen molar-refractivity contribution in [1.29, 1.82) is 0 Å². The molecule has 1 aromatic rings. The molecule has 0 aromatic heterocycles. The van der Waals surface area contributed by atoms with Crippen LogP contribution in [-0.4, -0.2) is 11.9 Å². The molecule has 1 aromatic carbocycles. The molecule has 4 heteroatoms. The van der Waals surface area contributed by atoms with E-state index >= 15 is 0 Å². The minimum Gasteiger partial charge on any atom is -0.399 e. The Morgan fingerprint density at radius 1 is 1.28 bits per heavy atom. The first-order valence-corrected chi connectivity index (χ1v) is 6.63. The van der Waals surface area contributed by atoms with Crippen LogP contribution >= 0.6 is 11.6 Å². The Morgan fingerprint density at radius 3 is 2.50 bits per heavy atom. The van der Waals surface area contributed by atoms with Crippen LogP contribution in [0.4, 0.5) is 5.69 Å². The van der Waals surface area contributed by atoms with Crippen molar-refractivity contribution < 1.29 is 4.79 Å². The number of amides is 1. The lowest BCUT2D eigenvalue weighted by Crippen LogP contribution is -2.32. The molecule has 1 unspecified atom stereocenters. The number of anilines is 1. The number of carbonyl (C=O) groups is 1. The van der Waals surface area contributed by atoms with Gasteiger partial charge in [0.25, 0.3) is 5.91 Å². The van der Waals surface area contributed by atoms with Crippen LogP contribution in [-0.2, 0) is 0 Å². The average Bonchev–Trinajstić information content (AvgIpc) is 2.25. The van der Waals surface area contributed by atoms with Crippen molar-refractivity contribution in [3.63, 3.8) is 0 Å². The van der Waals surface area contributed by atoms with Gasteiger partial charge in [0.05, 0.1) is 0 Å². The molecule has 1 atom stereocenters. The molecular formula is C14H21ClN2O. The van der Waals surface area contributed by atoms with Crippen LogP contribution in [0.25, 0.3) is 0 Å². The molecule has 0 aliphatic carbocycles. The van der Waals surface area contributed by atoms with E-state index in [1.165, 1.54) is 0 Å². The first kappa shape index (κ1) is 14.8. The van der Waals surface area contributed by atoms with Crippen LogP contribution in [0.2, 0.25) is 5.02 Å². The number of carbonyl (C=O) groups excluding carboxylic acids is 1. The second-order valence-electron chi connectivity index (χ2n) is 5.12. The van der Waals surface area contributed by atoms with Gasteiger partial charge in [0, 0.05) is 22.3 Å². The van der Waals surface area contributed by atoms with Crippen molar-refractivity contribution in [2.75, 3.05) is 5.73 Å². The van der Waals surface area contributed by atoms with Crippen molar-refractivity contribution in [3.8, 4) is 0 Å². The number of rotatable bonds is 5. The molecule has 0 spiro atoms. The summed E-state index contributed by atoms with van der Waals surface area (Å²) in [6, 6.07) is 5.04. The molecule has 18 heavy (non-hydrogen) atoms. The third kappa shape index (κ3) is 4.96. The van der Waals surface area contributed by atoms with Gasteiger partial charge in [-0.15, -0.1) is 0 Å². The smallest absolute Gasteiger partial charge is 0.251 e. The highest BCUT2D eigenvalue weighted by atomic mass is 35.5. The Hall–Kier alpha value is -1.22. The van der Waals surface area contributed by atoms with Gasteiger partial charge in [0.1, 0.15) is 0 Å². The fourth-order valence-electron chi connectivity index (χ4n) is 1.71. The van der Waals surface area contributed by atoms with Crippen LogP contribution in [0, 0.1) is 5.92 Å². The highest BCUT2D eigenvalue weighted by molar-refractivity contribution is 6.31. The van der Waals surface area contributed by atoms with Crippen molar-refractivity contribution in [2.24, 2.45) is 5.92 Å². The van der Waals surface area contributed by atoms with Crippen molar-refractivity contribution in [2.45, 2.75) is 39.7 Å². The Balaban J connectivity index is 2.59. The molecule has 1 amide bonds. The maximum Gasteiger partial charge on any atom is 0.251 e. The minimum absolute atomic E-state index is 0.125. The summed E-state index contributed by atoms with van der Waals surface area (Å²) in [6.45, 7) is 6.35. The number of nitrogen functional groups attached to an aromatic ring is 1. The normalized spacial score (nSPS) is 12.5. The van der Waals surface area contributed by atoms with Crippen molar-refractivity contribution >= 4 is 23.2 Å². The third-order valence-electron chi connectivity index (χ3n) is 2.74. The Kier molecular flexibility index (Phi) is 5.48. The van der Waals surface area contributed by atoms with Crippen LogP contribution < -0.4 is 11.1 Å². The Morgan fingerprint density at radius 2 is 1.94 bits per heavy atom. The fraction of sp³-hybridized carbons (Fsp3) is 0.500. The molecule has 0 saturated heterocycles. The summed E-state index contributed by atoms with van der Waals surface area (Å²) in [5.41, 5.74) is 6.67. The summed E-state index contributed by atoms with van der Waals surface area (Å²) >= 11 is 5.87. The van der Waals surface area contributed by atoms with E-state index < -0.39 is 0 Å². The maximum atomic E-state index is 12.0. The number of halogens is 1. The molecule has 0 radical (unpaired) electrons. The maximum absolute atomic E-state index is 12.0. The van der Waals surface area contributed by atoms with E-state index in [0.29, 0.717) is 22.2 Å². The van der Waals surface area contributed by atoms with E-state index in [2.05, 4.69) is 19.2 Å². The van der Waals surface area contributed by atoms with E-state index in [-0.39, 0.29) is 11.9 Å². The average molecular weight is 269 g/mol. The molecule has 0 bridgehead atoms. The first-order chi connectivity index (χ1) is 8.38. The topological polar surface area (TPSA) is 55.1 Å². The number of nitrogens with one attached hydrogen (secondary N) is 1. The predicted octanol–water partition coefficient (Wildman–Crippen LogP) is 3.48. The minimum atomic E-state index is -0.125. The van der Waals surface area contributed by atoms with Crippen LogP contribution in [0.5, 0.6) is 0 Å². The first-order valence-electron chi connectivity index (χ1n) is 6.25. The Labute approximate surface area is 114 Å². The van der Waals surface area contributed by atoms with E-state index in [1.54, 1.807) is 18.2 Å². The molecular weight excluding hydrogens is 248 g/mol.